The highest BCUT2D eigenvalue weighted by molar-refractivity contribution is 5.75. The molecule has 2 fully saturated rings. The molecule has 2 N–H and O–H groups in total. The summed E-state index contributed by atoms with van der Waals surface area (Å²) < 4.78 is 5.43. The molecule has 1 heterocycles. The predicted octanol–water partition coefficient (Wildman–Crippen LogP) is 2.89. The van der Waals surface area contributed by atoms with Crippen molar-refractivity contribution in [1.82, 2.24) is 4.90 Å². The highest BCUT2D eigenvalue weighted by Gasteiger charge is 2.51. The van der Waals surface area contributed by atoms with Crippen LogP contribution in [0.1, 0.15) is 59.8 Å². The Labute approximate surface area is 144 Å². The van der Waals surface area contributed by atoms with Gasteiger partial charge < -0.3 is 19.8 Å². The van der Waals surface area contributed by atoms with Gasteiger partial charge in [0, 0.05) is 13.1 Å². The maximum atomic E-state index is 12.3. The summed E-state index contributed by atoms with van der Waals surface area (Å²) in [4.78, 5) is 26.0. The maximum absolute atomic E-state index is 12.3. The second-order valence-corrected chi connectivity index (χ2v) is 8.49. The molecule has 2 aliphatic rings. The molecule has 24 heavy (non-hydrogen) atoms. The molecule has 0 spiro atoms. The van der Waals surface area contributed by atoms with Gasteiger partial charge in [-0.2, -0.15) is 0 Å². The van der Waals surface area contributed by atoms with E-state index in [1.165, 1.54) is 0 Å². The third-order valence-electron chi connectivity index (χ3n) is 5.54. The Bertz CT molecular complexity index is 476. The van der Waals surface area contributed by atoms with Crippen LogP contribution < -0.4 is 0 Å². The number of aliphatic carboxylic acids is 1. The minimum Gasteiger partial charge on any atom is -0.481 e. The predicted molar refractivity (Wildman–Crippen MR) is 89.6 cm³/mol. The van der Waals surface area contributed by atoms with Crippen molar-refractivity contribution < 1.29 is 24.5 Å². The van der Waals surface area contributed by atoms with E-state index in [4.69, 9.17) is 4.74 Å². The topological polar surface area (TPSA) is 87.1 Å². The molecule has 1 aliphatic heterocycles. The molecule has 6 heteroatoms. The van der Waals surface area contributed by atoms with Gasteiger partial charge >= 0.3 is 12.1 Å². The van der Waals surface area contributed by atoms with Gasteiger partial charge in [0.25, 0.3) is 0 Å². The molecule has 1 amide bonds. The number of piperidine rings is 1. The summed E-state index contributed by atoms with van der Waals surface area (Å²) in [5.41, 5.74) is -1.29. The number of carboxylic acid groups (broad SMARTS) is 1. The number of rotatable bonds is 2. The fourth-order valence-electron chi connectivity index (χ4n) is 4.32. The van der Waals surface area contributed by atoms with Crippen LogP contribution in [0.2, 0.25) is 0 Å². The van der Waals surface area contributed by atoms with Gasteiger partial charge in [0.05, 0.1) is 11.5 Å². The van der Waals surface area contributed by atoms with E-state index in [2.05, 4.69) is 0 Å². The average molecular weight is 341 g/mol. The molecule has 2 atom stereocenters. The largest absolute Gasteiger partial charge is 0.481 e. The zero-order valence-electron chi connectivity index (χ0n) is 15.2. The summed E-state index contributed by atoms with van der Waals surface area (Å²) >= 11 is 0. The van der Waals surface area contributed by atoms with Gasteiger partial charge in [0.2, 0.25) is 0 Å². The van der Waals surface area contributed by atoms with Crippen molar-refractivity contribution in [1.29, 1.82) is 0 Å². The highest BCUT2D eigenvalue weighted by atomic mass is 16.6. The number of amides is 1. The average Bonchev–Trinajstić information content (AvgIpc) is 2.46. The monoisotopic (exact) mass is 341 g/mol. The lowest BCUT2D eigenvalue weighted by Gasteiger charge is -2.48. The van der Waals surface area contributed by atoms with Gasteiger partial charge in [-0.05, 0) is 64.7 Å². The first-order valence-corrected chi connectivity index (χ1v) is 8.94. The van der Waals surface area contributed by atoms with Crippen molar-refractivity contribution in [2.45, 2.75) is 71.5 Å². The number of hydrogen-bond acceptors (Lipinski definition) is 4. The summed E-state index contributed by atoms with van der Waals surface area (Å²) in [6, 6.07) is 0. The number of carboxylic acids is 1. The van der Waals surface area contributed by atoms with Gasteiger partial charge in [0.15, 0.2) is 0 Å². The number of aliphatic hydroxyl groups excluding tert-OH is 1. The van der Waals surface area contributed by atoms with E-state index in [1.807, 2.05) is 27.7 Å². The van der Waals surface area contributed by atoms with Gasteiger partial charge in [-0.15, -0.1) is 0 Å². The van der Waals surface area contributed by atoms with Crippen molar-refractivity contribution in [2.75, 3.05) is 13.1 Å². The molecule has 2 rings (SSSR count). The molecule has 2 unspecified atom stereocenters. The summed E-state index contributed by atoms with van der Waals surface area (Å²) in [7, 11) is 0. The van der Waals surface area contributed by atoms with Crippen LogP contribution in [0.5, 0.6) is 0 Å². The Morgan fingerprint density at radius 1 is 1.17 bits per heavy atom. The third-order valence-corrected chi connectivity index (χ3v) is 5.54. The molecule has 0 bridgehead atoms. The molecule has 6 nitrogen and oxygen atoms in total. The van der Waals surface area contributed by atoms with E-state index in [9.17, 15) is 19.8 Å². The van der Waals surface area contributed by atoms with Crippen LogP contribution in [0.3, 0.4) is 0 Å². The Hall–Kier alpha value is -1.30. The smallest absolute Gasteiger partial charge is 0.410 e. The number of aliphatic hydroxyl groups is 1. The lowest BCUT2D eigenvalue weighted by atomic mass is 9.60. The van der Waals surface area contributed by atoms with E-state index in [0.29, 0.717) is 45.2 Å². The maximum Gasteiger partial charge on any atom is 0.410 e. The summed E-state index contributed by atoms with van der Waals surface area (Å²) in [5, 5.41) is 19.6. The minimum atomic E-state index is -0.765. The van der Waals surface area contributed by atoms with Crippen LogP contribution >= 0.6 is 0 Å². The molecular formula is C18H31NO5. The van der Waals surface area contributed by atoms with Crippen LogP contribution in [0.25, 0.3) is 0 Å². The fraction of sp³-hybridized carbons (Fsp3) is 0.889. The molecular weight excluding hydrogens is 310 g/mol. The van der Waals surface area contributed by atoms with E-state index in [-0.39, 0.29) is 24.0 Å². The number of ether oxygens (including phenoxy) is 1. The summed E-state index contributed by atoms with van der Waals surface area (Å²) in [6.45, 7) is 8.60. The number of hydrogen-bond donors (Lipinski definition) is 2. The molecule has 1 saturated carbocycles. The van der Waals surface area contributed by atoms with Crippen molar-refractivity contribution in [3.05, 3.63) is 0 Å². The zero-order chi connectivity index (χ0) is 18.1. The summed E-state index contributed by atoms with van der Waals surface area (Å²) in [5.74, 6) is -0.629. The third kappa shape index (κ3) is 4.02. The molecule has 0 aromatic carbocycles. The second kappa shape index (κ2) is 6.90. The van der Waals surface area contributed by atoms with Crippen LogP contribution in [-0.2, 0) is 9.53 Å². The van der Waals surface area contributed by atoms with E-state index in [0.717, 1.165) is 0 Å². The first-order chi connectivity index (χ1) is 11.0. The quantitative estimate of drug-likeness (QED) is 0.806. The first kappa shape index (κ1) is 19.0. The van der Waals surface area contributed by atoms with Crippen LogP contribution in [0, 0.1) is 17.3 Å². The minimum absolute atomic E-state index is 0.0289. The highest BCUT2D eigenvalue weighted by Crippen LogP contribution is 2.49. The van der Waals surface area contributed by atoms with Gasteiger partial charge in [-0.1, -0.05) is 6.92 Å². The van der Waals surface area contributed by atoms with Crippen LogP contribution in [0.15, 0.2) is 0 Å². The number of carbonyl (C=O) groups is 2. The van der Waals surface area contributed by atoms with E-state index in [1.54, 1.807) is 4.90 Å². The standard InChI is InChI=1S/C18H31NO5/c1-12-11-19(16(23)24-17(2,3)4)10-7-14(12)18(15(21)22)8-5-13(20)6-9-18/h12-14,20H,5-11H2,1-4H3,(H,21,22). The fourth-order valence-corrected chi connectivity index (χ4v) is 4.32. The Kier molecular flexibility index (Phi) is 5.47. The number of nitrogens with zero attached hydrogens (tertiary/aromatic N) is 1. The van der Waals surface area contributed by atoms with Crippen molar-refractivity contribution in [3.63, 3.8) is 0 Å². The van der Waals surface area contributed by atoms with Crippen molar-refractivity contribution in [3.8, 4) is 0 Å². The number of carbonyl (C=O) groups excluding carboxylic acids is 1. The normalized spacial score (nSPS) is 34.7. The van der Waals surface area contributed by atoms with Crippen molar-refractivity contribution in [2.24, 2.45) is 17.3 Å². The number of likely N-dealkylation sites (tertiary alicyclic amines) is 1. The Morgan fingerprint density at radius 2 is 1.75 bits per heavy atom. The van der Waals surface area contributed by atoms with Gasteiger partial charge in [-0.3, -0.25) is 4.79 Å². The van der Waals surface area contributed by atoms with Crippen LogP contribution in [-0.4, -0.2) is 52.0 Å². The molecule has 0 aromatic rings. The van der Waals surface area contributed by atoms with Crippen molar-refractivity contribution >= 4 is 12.1 Å². The molecule has 0 radical (unpaired) electrons. The Morgan fingerprint density at radius 3 is 2.21 bits per heavy atom. The van der Waals surface area contributed by atoms with Gasteiger partial charge in [0.1, 0.15) is 5.60 Å². The second-order valence-electron chi connectivity index (χ2n) is 8.49. The zero-order valence-corrected chi connectivity index (χ0v) is 15.2. The molecule has 138 valence electrons. The lowest BCUT2D eigenvalue weighted by Crippen LogP contribution is -2.52. The SMILES string of the molecule is CC1CN(C(=O)OC(C)(C)C)CCC1C1(C(=O)O)CCC(O)CC1. The first-order valence-electron chi connectivity index (χ1n) is 8.94. The van der Waals surface area contributed by atoms with E-state index >= 15 is 0 Å². The van der Waals surface area contributed by atoms with Crippen LogP contribution in [0.4, 0.5) is 4.79 Å². The molecule has 0 aromatic heterocycles. The molecule has 1 saturated heterocycles. The Balaban J connectivity index is 2.06. The summed E-state index contributed by atoms with van der Waals surface area (Å²) in [6.07, 6.45) is 2.10. The lowest BCUT2D eigenvalue weighted by molar-refractivity contribution is -0.161. The molecule has 1 aliphatic carbocycles. The van der Waals surface area contributed by atoms with Gasteiger partial charge in [-0.25, -0.2) is 4.79 Å². The van der Waals surface area contributed by atoms with E-state index < -0.39 is 17.0 Å².